The molecule has 3 heteroatoms. The molecule has 0 saturated carbocycles. The summed E-state index contributed by atoms with van der Waals surface area (Å²) < 4.78 is 0. The molecule has 0 aliphatic carbocycles. The smallest absolute Gasteiger partial charge is 0.0429 e. The zero-order chi connectivity index (χ0) is 13.2. The molecule has 0 fully saturated rings. The van der Waals surface area contributed by atoms with E-state index in [9.17, 15) is 0 Å². The fourth-order valence-corrected chi connectivity index (χ4v) is 2.80. The minimum atomic E-state index is 0.788. The average Bonchev–Trinajstić information content (AvgIpc) is 2.41. The molecule has 0 aromatic heterocycles. The highest BCUT2D eigenvalue weighted by atomic mass is 35.5. The molecule has 0 saturated heterocycles. The van der Waals surface area contributed by atoms with Crippen LogP contribution in [0.4, 0.5) is 11.4 Å². The Bertz CT molecular complexity index is 578. The summed E-state index contributed by atoms with van der Waals surface area (Å²) in [6.07, 6.45) is 2.31. The van der Waals surface area contributed by atoms with Gasteiger partial charge in [-0.3, -0.25) is 0 Å². The number of hydrogen-bond donors (Lipinski definition) is 1. The quantitative estimate of drug-likeness (QED) is 0.841. The number of nitrogens with zero attached hydrogens (tertiary/aromatic N) is 1. The molecule has 1 aliphatic rings. The molecule has 1 heterocycles. The maximum atomic E-state index is 5.93. The topological polar surface area (TPSA) is 29.3 Å². The maximum Gasteiger partial charge on any atom is 0.0429 e. The molecule has 2 aromatic carbocycles. The minimum Gasteiger partial charge on any atom is -0.399 e. The van der Waals surface area contributed by atoms with Gasteiger partial charge < -0.3 is 10.6 Å². The first-order valence-electron chi connectivity index (χ1n) is 6.60. The van der Waals surface area contributed by atoms with Gasteiger partial charge in [0.1, 0.15) is 0 Å². The first-order chi connectivity index (χ1) is 9.22. The third-order valence-corrected chi connectivity index (χ3v) is 3.86. The summed E-state index contributed by atoms with van der Waals surface area (Å²) in [7, 11) is 0. The number of aryl methyl sites for hydroxylation is 1. The van der Waals surface area contributed by atoms with Crippen molar-refractivity contribution in [3.05, 3.63) is 58.6 Å². The molecule has 2 nitrogen and oxygen atoms in total. The zero-order valence-electron chi connectivity index (χ0n) is 10.8. The van der Waals surface area contributed by atoms with Gasteiger partial charge in [-0.1, -0.05) is 23.7 Å². The SMILES string of the molecule is Nc1ccc2c(c1)CCCN2Cc1ccc(Cl)cc1. The molecule has 0 spiro atoms. The molecule has 0 unspecified atom stereocenters. The zero-order valence-corrected chi connectivity index (χ0v) is 11.5. The van der Waals surface area contributed by atoms with Crippen LogP contribution in [0.1, 0.15) is 17.5 Å². The normalized spacial score (nSPS) is 14.3. The Hall–Kier alpha value is -1.67. The van der Waals surface area contributed by atoms with E-state index in [2.05, 4.69) is 29.2 Å². The summed E-state index contributed by atoms with van der Waals surface area (Å²) in [5.74, 6) is 0. The summed E-state index contributed by atoms with van der Waals surface area (Å²) in [6.45, 7) is 2.02. The van der Waals surface area contributed by atoms with Gasteiger partial charge in [0.25, 0.3) is 0 Å². The van der Waals surface area contributed by atoms with Gasteiger partial charge in [-0.05, 0) is 54.3 Å². The Labute approximate surface area is 118 Å². The lowest BCUT2D eigenvalue weighted by Crippen LogP contribution is -2.28. The van der Waals surface area contributed by atoms with Crippen LogP contribution in [0.5, 0.6) is 0 Å². The number of halogens is 1. The van der Waals surface area contributed by atoms with E-state index in [1.54, 1.807) is 0 Å². The van der Waals surface area contributed by atoms with Gasteiger partial charge in [-0.2, -0.15) is 0 Å². The standard InChI is InChI=1S/C16H17ClN2/c17-14-5-3-12(4-6-14)11-19-9-1-2-13-10-15(18)7-8-16(13)19/h3-8,10H,1-2,9,11,18H2. The van der Waals surface area contributed by atoms with E-state index in [1.165, 1.54) is 23.2 Å². The summed E-state index contributed by atoms with van der Waals surface area (Å²) in [6, 6.07) is 14.3. The van der Waals surface area contributed by atoms with Gasteiger partial charge in [0.05, 0.1) is 0 Å². The molecule has 3 rings (SSSR count). The summed E-state index contributed by atoms with van der Waals surface area (Å²) >= 11 is 5.93. The molecular weight excluding hydrogens is 256 g/mol. The first-order valence-corrected chi connectivity index (χ1v) is 6.98. The Kier molecular flexibility index (Phi) is 3.34. The van der Waals surface area contributed by atoms with Crippen molar-refractivity contribution in [1.29, 1.82) is 0 Å². The molecule has 2 N–H and O–H groups in total. The lowest BCUT2D eigenvalue weighted by atomic mass is 10.0. The fraction of sp³-hybridized carbons (Fsp3) is 0.250. The number of nitrogens with two attached hydrogens (primary N) is 1. The highest BCUT2D eigenvalue weighted by Gasteiger charge is 2.16. The van der Waals surface area contributed by atoms with Crippen LogP contribution >= 0.6 is 11.6 Å². The minimum absolute atomic E-state index is 0.788. The number of fused-ring (bicyclic) bond motifs is 1. The van der Waals surface area contributed by atoms with Gasteiger partial charge in [0.15, 0.2) is 0 Å². The third-order valence-electron chi connectivity index (χ3n) is 3.61. The Morgan fingerprint density at radius 1 is 1.11 bits per heavy atom. The van der Waals surface area contributed by atoms with E-state index in [1.807, 2.05) is 18.2 Å². The molecule has 2 aromatic rings. The predicted molar refractivity (Wildman–Crippen MR) is 81.7 cm³/mol. The number of hydrogen-bond acceptors (Lipinski definition) is 2. The Morgan fingerprint density at radius 2 is 1.89 bits per heavy atom. The van der Waals surface area contributed by atoms with Crippen molar-refractivity contribution in [2.45, 2.75) is 19.4 Å². The third kappa shape index (κ3) is 2.69. The first kappa shape index (κ1) is 12.4. The number of rotatable bonds is 2. The van der Waals surface area contributed by atoms with Crippen LogP contribution < -0.4 is 10.6 Å². The molecule has 0 bridgehead atoms. The van der Waals surface area contributed by atoms with Gasteiger partial charge >= 0.3 is 0 Å². The van der Waals surface area contributed by atoms with E-state index < -0.39 is 0 Å². The van der Waals surface area contributed by atoms with E-state index in [0.29, 0.717) is 0 Å². The Balaban J connectivity index is 1.85. The van der Waals surface area contributed by atoms with E-state index in [-0.39, 0.29) is 0 Å². The second-order valence-electron chi connectivity index (χ2n) is 5.04. The van der Waals surface area contributed by atoms with Crippen LogP contribution in [0, 0.1) is 0 Å². The second-order valence-corrected chi connectivity index (χ2v) is 5.48. The van der Waals surface area contributed by atoms with Crippen LogP contribution in [0.2, 0.25) is 5.02 Å². The van der Waals surface area contributed by atoms with Crippen LogP contribution in [0.3, 0.4) is 0 Å². The molecule has 0 radical (unpaired) electrons. The van der Waals surface area contributed by atoms with Crippen LogP contribution in [-0.4, -0.2) is 6.54 Å². The predicted octanol–water partition coefficient (Wildman–Crippen LogP) is 3.88. The summed E-state index contributed by atoms with van der Waals surface area (Å²) in [5.41, 5.74) is 10.7. The highest BCUT2D eigenvalue weighted by Crippen LogP contribution is 2.30. The van der Waals surface area contributed by atoms with Crippen molar-refractivity contribution >= 4 is 23.0 Å². The van der Waals surface area contributed by atoms with E-state index in [0.717, 1.165) is 30.2 Å². The fourth-order valence-electron chi connectivity index (χ4n) is 2.67. The molecule has 98 valence electrons. The maximum absolute atomic E-state index is 5.93. The van der Waals surface area contributed by atoms with Gasteiger partial charge in [0.2, 0.25) is 0 Å². The van der Waals surface area contributed by atoms with Crippen molar-refractivity contribution in [3.8, 4) is 0 Å². The van der Waals surface area contributed by atoms with Crippen LogP contribution in [0.25, 0.3) is 0 Å². The van der Waals surface area contributed by atoms with Crippen molar-refractivity contribution in [3.63, 3.8) is 0 Å². The Morgan fingerprint density at radius 3 is 2.68 bits per heavy atom. The van der Waals surface area contributed by atoms with Gasteiger partial charge in [-0.15, -0.1) is 0 Å². The molecule has 1 aliphatic heterocycles. The van der Waals surface area contributed by atoms with Crippen LogP contribution in [0.15, 0.2) is 42.5 Å². The van der Waals surface area contributed by atoms with Gasteiger partial charge in [0, 0.05) is 29.5 Å². The molecular formula is C16H17ClN2. The van der Waals surface area contributed by atoms with E-state index >= 15 is 0 Å². The largest absolute Gasteiger partial charge is 0.399 e. The van der Waals surface area contributed by atoms with Crippen molar-refractivity contribution in [2.75, 3.05) is 17.2 Å². The highest BCUT2D eigenvalue weighted by molar-refractivity contribution is 6.30. The molecule has 0 atom stereocenters. The van der Waals surface area contributed by atoms with Crippen molar-refractivity contribution in [1.82, 2.24) is 0 Å². The lowest BCUT2D eigenvalue weighted by Gasteiger charge is -2.31. The average molecular weight is 273 g/mol. The van der Waals surface area contributed by atoms with Gasteiger partial charge in [-0.25, -0.2) is 0 Å². The van der Waals surface area contributed by atoms with E-state index in [4.69, 9.17) is 17.3 Å². The van der Waals surface area contributed by atoms with Crippen molar-refractivity contribution < 1.29 is 0 Å². The second kappa shape index (κ2) is 5.14. The number of nitrogen functional groups attached to an aromatic ring is 1. The molecule has 0 amide bonds. The summed E-state index contributed by atoms with van der Waals surface area (Å²) in [5, 5.41) is 0.788. The lowest BCUT2D eigenvalue weighted by molar-refractivity contribution is 0.691. The number of benzene rings is 2. The monoisotopic (exact) mass is 272 g/mol. The summed E-state index contributed by atoms with van der Waals surface area (Å²) in [4.78, 5) is 2.42. The van der Waals surface area contributed by atoms with Crippen LogP contribution in [-0.2, 0) is 13.0 Å². The number of anilines is 2. The molecule has 19 heavy (non-hydrogen) atoms. The van der Waals surface area contributed by atoms with Crippen molar-refractivity contribution in [2.24, 2.45) is 0 Å².